The van der Waals surface area contributed by atoms with Gasteiger partial charge in [0, 0.05) is 5.02 Å². The van der Waals surface area contributed by atoms with Crippen molar-refractivity contribution >= 4 is 38.9 Å². The number of hydrazone groups is 1. The molecule has 0 bridgehead atoms. The molecule has 0 aliphatic carbocycles. The van der Waals surface area contributed by atoms with Gasteiger partial charge in [0.05, 0.1) is 16.3 Å². The lowest BCUT2D eigenvalue weighted by atomic mass is 10.1. The number of anilines is 1. The molecule has 0 atom stereocenters. The number of amides is 1. The zero-order valence-electron chi connectivity index (χ0n) is 17.1. The smallest absolute Gasteiger partial charge is 0.264 e. The number of carbonyl (C=O) groups is 1. The van der Waals surface area contributed by atoms with Gasteiger partial charge in [-0.2, -0.15) is 5.10 Å². The highest BCUT2D eigenvalue weighted by Crippen LogP contribution is 2.23. The fraction of sp³-hybridized carbons (Fsp3) is 0.130. The SMILES string of the molecule is C/C(=N/NC(=O)CN(c1ccccc1)S(=O)(=O)c1ccc(C)cc1)c1ccc(Cl)cc1. The lowest BCUT2D eigenvalue weighted by molar-refractivity contribution is -0.119. The lowest BCUT2D eigenvalue weighted by Crippen LogP contribution is -2.39. The van der Waals surface area contributed by atoms with E-state index in [9.17, 15) is 13.2 Å². The molecule has 8 heteroatoms. The van der Waals surface area contributed by atoms with Crippen LogP contribution in [0.1, 0.15) is 18.1 Å². The van der Waals surface area contributed by atoms with Gasteiger partial charge in [-0.1, -0.05) is 59.6 Å². The number of hydrogen-bond acceptors (Lipinski definition) is 4. The van der Waals surface area contributed by atoms with E-state index >= 15 is 0 Å². The number of carbonyl (C=O) groups excluding carboxylic acids is 1. The summed E-state index contributed by atoms with van der Waals surface area (Å²) in [7, 11) is -3.95. The average molecular weight is 456 g/mol. The molecule has 3 rings (SSSR count). The molecule has 0 radical (unpaired) electrons. The quantitative estimate of drug-likeness (QED) is 0.424. The summed E-state index contributed by atoms with van der Waals surface area (Å²) < 4.78 is 27.6. The van der Waals surface area contributed by atoms with Gasteiger partial charge in [-0.25, -0.2) is 13.8 Å². The Labute approximate surface area is 187 Å². The van der Waals surface area contributed by atoms with Crippen molar-refractivity contribution in [1.82, 2.24) is 5.43 Å². The van der Waals surface area contributed by atoms with E-state index in [1.807, 2.05) is 6.92 Å². The summed E-state index contributed by atoms with van der Waals surface area (Å²) in [5, 5.41) is 4.69. The van der Waals surface area contributed by atoms with Crippen LogP contribution < -0.4 is 9.73 Å². The van der Waals surface area contributed by atoms with Crippen LogP contribution in [0.15, 0.2) is 88.9 Å². The third kappa shape index (κ3) is 5.71. The summed E-state index contributed by atoms with van der Waals surface area (Å²) in [6, 6.07) is 22.0. The molecule has 0 unspecified atom stereocenters. The number of rotatable bonds is 7. The Bertz CT molecular complexity index is 1180. The lowest BCUT2D eigenvalue weighted by Gasteiger charge is -2.23. The number of nitrogens with zero attached hydrogens (tertiary/aromatic N) is 2. The van der Waals surface area contributed by atoms with Gasteiger partial charge in [-0.15, -0.1) is 0 Å². The highest BCUT2D eigenvalue weighted by atomic mass is 35.5. The molecule has 1 amide bonds. The Morgan fingerprint density at radius 2 is 1.58 bits per heavy atom. The Balaban J connectivity index is 1.83. The molecule has 3 aromatic rings. The topological polar surface area (TPSA) is 78.8 Å². The van der Waals surface area contributed by atoms with E-state index in [-0.39, 0.29) is 4.90 Å². The molecule has 0 aliphatic heterocycles. The maximum absolute atomic E-state index is 13.3. The molecule has 0 saturated carbocycles. The molecule has 0 spiro atoms. The molecule has 0 fully saturated rings. The normalized spacial score (nSPS) is 11.8. The van der Waals surface area contributed by atoms with Gasteiger partial charge in [-0.05, 0) is 55.8 Å². The maximum atomic E-state index is 13.3. The Morgan fingerprint density at radius 3 is 2.19 bits per heavy atom. The first-order valence-electron chi connectivity index (χ1n) is 9.51. The summed E-state index contributed by atoms with van der Waals surface area (Å²) in [4.78, 5) is 12.7. The van der Waals surface area contributed by atoms with Crippen molar-refractivity contribution in [2.75, 3.05) is 10.8 Å². The molecule has 0 saturated heterocycles. The molecule has 31 heavy (non-hydrogen) atoms. The van der Waals surface area contributed by atoms with Crippen molar-refractivity contribution in [3.05, 3.63) is 95.0 Å². The van der Waals surface area contributed by atoms with E-state index < -0.39 is 22.5 Å². The number of benzene rings is 3. The average Bonchev–Trinajstić information content (AvgIpc) is 2.77. The molecular formula is C23H22ClN3O3S. The van der Waals surface area contributed by atoms with Crippen molar-refractivity contribution < 1.29 is 13.2 Å². The fourth-order valence-corrected chi connectivity index (χ4v) is 4.36. The van der Waals surface area contributed by atoms with E-state index in [1.54, 1.807) is 73.7 Å². The van der Waals surface area contributed by atoms with Crippen LogP contribution in [0, 0.1) is 6.92 Å². The summed E-state index contributed by atoms with van der Waals surface area (Å²) in [6.45, 7) is 3.19. The van der Waals surface area contributed by atoms with Crippen LogP contribution in [0.25, 0.3) is 0 Å². The largest absolute Gasteiger partial charge is 0.271 e. The Hall–Kier alpha value is -3.16. The second kappa shape index (κ2) is 9.76. The molecule has 0 aromatic heterocycles. The van der Waals surface area contributed by atoms with E-state index in [1.165, 1.54) is 12.1 Å². The molecule has 0 aliphatic rings. The molecule has 6 nitrogen and oxygen atoms in total. The number of halogens is 1. The van der Waals surface area contributed by atoms with Crippen molar-refractivity contribution in [2.45, 2.75) is 18.7 Å². The van der Waals surface area contributed by atoms with Crippen LogP contribution >= 0.6 is 11.6 Å². The van der Waals surface area contributed by atoms with Crippen LogP contribution in [0.5, 0.6) is 0 Å². The van der Waals surface area contributed by atoms with Crippen LogP contribution in [0.3, 0.4) is 0 Å². The van der Waals surface area contributed by atoms with Gasteiger partial charge in [0.25, 0.3) is 15.9 Å². The third-order valence-corrected chi connectivity index (χ3v) is 6.59. The summed E-state index contributed by atoms with van der Waals surface area (Å²) in [6.07, 6.45) is 0. The second-order valence-electron chi connectivity index (χ2n) is 6.90. The first kappa shape index (κ1) is 22.5. The predicted molar refractivity (Wildman–Crippen MR) is 124 cm³/mol. The predicted octanol–water partition coefficient (Wildman–Crippen LogP) is 4.38. The van der Waals surface area contributed by atoms with Gasteiger partial charge in [0.2, 0.25) is 0 Å². The van der Waals surface area contributed by atoms with E-state index in [2.05, 4.69) is 10.5 Å². The second-order valence-corrected chi connectivity index (χ2v) is 9.20. The minimum Gasteiger partial charge on any atom is -0.271 e. The summed E-state index contributed by atoms with van der Waals surface area (Å²) in [5.74, 6) is -0.562. The van der Waals surface area contributed by atoms with Crippen molar-refractivity contribution in [3.8, 4) is 0 Å². The third-order valence-electron chi connectivity index (χ3n) is 4.55. The van der Waals surface area contributed by atoms with Crippen LogP contribution in [0.2, 0.25) is 5.02 Å². The van der Waals surface area contributed by atoms with Gasteiger partial charge in [0.1, 0.15) is 6.54 Å². The Kier molecular flexibility index (Phi) is 7.09. The molecule has 160 valence electrons. The zero-order chi connectivity index (χ0) is 22.4. The highest BCUT2D eigenvalue weighted by Gasteiger charge is 2.27. The highest BCUT2D eigenvalue weighted by molar-refractivity contribution is 7.92. The maximum Gasteiger partial charge on any atom is 0.264 e. The first-order valence-corrected chi connectivity index (χ1v) is 11.3. The molecular weight excluding hydrogens is 434 g/mol. The molecule has 3 aromatic carbocycles. The van der Waals surface area contributed by atoms with Crippen LogP contribution in [0.4, 0.5) is 5.69 Å². The van der Waals surface area contributed by atoms with E-state index in [0.717, 1.165) is 15.4 Å². The first-order chi connectivity index (χ1) is 14.8. The van der Waals surface area contributed by atoms with Crippen molar-refractivity contribution in [2.24, 2.45) is 5.10 Å². The minimum absolute atomic E-state index is 0.107. The van der Waals surface area contributed by atoms with Crippen LogP contribution in [-0.2, 0) is 14.8 Å². The van der Waals surface area contributed by atoms with Crippen molar-refractivity contribution in [1.29, 1.82) is 0 Å². The number of aryl methyl sites for hydroxylation is 1. The fourth-order valence-electron chi connectivity index (χ4n) is 2.81. The van der Waals surface area contributed by atoms with E-state index in [0.29, 0.717) is 16.4 Å². The van der Waals surface area contributed by atoms with E-state index in [4.69, 9.17) is 11.6 Å². The van der Waals surface area contributed by atoms with Crippen molar-refractivity contribution in [3.63, 3.8) is 0 Å². The monoisotopic (exact) mass is 455 g/mol. The van der Waals surface area contributed by atoms with Gasteiger partial charge in [-0.3, -0.25) is 9.10 Å². The summed E-state index contributed by atoms with van der Waals surface area (Å²) in [5.41, 5.74) is 5.12. The minimum atomic E-state index is -3.95. The Morgan fingerprint density at radius 1 is 0.968 bits per heavy atom. The molecule has 0 heterocycles. The number of para-hydroxylation sites is 1. The standard InChI is InChI=1S/C23H22ClN3O3S/c1-17-8-14-22(15-9-17)31(29,30)27(21-6-4-3-5-7-21)16-23(28)26-25-18(2)19-10-12-20(24)13-11-19/h3-15H,16H2,1-2H3,(H,26,28)/b25-18-. The number of nitrogens with one attached hydrogen (secondary N) is 1. The zero-order valence-corrected chi connectivity index (χ0v) is 18.7. The molecule has 1 N–H and O–H groups in total. The summed E-state index contributed by atoms with van der Waals surface area (Å²) >= 11 is 5.89. The number of sulfonamides is 1. The number of hydrogen-bond donors (Lipinski definition) is 1. The van der Waals surface area contributed by atoms with Gasteiger partial charge >= 0.3 is 0 Å². The van der Waals surface area contributed by atoms with Gasteiger partial charge in [0.15, 0.2) is 0 Å². The van der Waals surface area contributed by atoms with Crippen LogP contribution in [-0.4, -0.2) is 26.6 Å². The van der Waals surface area contributed by atoms with Gasteiger partial charge < -0.3 is 0 Å².